The van der Waals surface area contributed by atoms with Crippen molar-refractivity contribution in [2.75, 3.05) is 27.2 Å². The van der Waals surface area contributed by atoms with Gasteiger partial charge in [0.25, 0.3) is 5.91 Å². The molecule has 5 heteroatoms. The molecule has 0 aliphatic carbocycles. The van der Waals surface area contributed by atoms with Crippen LogP contribution < -0.4 is 5.32 Å². The summed E-state index contributed by atoms with van der Waals surface area (Å²) in [5.74, 6) is -0.0528. The molecule has 0 aromatic carbocycles. The lowest BCUT2D eigenvalue weighted by molar-refractivity contribution is -0.140. The van der Waals surface area contributed by atoms with Crippen LogP contribution in [0.4, 0.5) is 0 Å². The number of methoxy groups -OCH3 is 1. The highest BCUT2D eigenvalue weighted by atomic mass is 16.5. The van der Waals surface area contributed by atoms with Crippen molar-refractivity contribution in [2.45, 2.75) is 26.4 Å². The second kappa shape index (κ2) is 4.82. The Morgan fingerprint density at radius 1 is 1.50 bits per heavy atom. The molecule has 0 spiro atoms. The fourth-order valence-corrected chi connectivity index (χ4v) is 1.99. The van der Waals surface area contributed by atoms with Crippen molar-refractivity contribution in [2.24, 2.45) is 5.41 Å². The number of likely N-dealkylation sites (tertiary alicyclic amines) is 1. The van der Waals surface area contributed by atoms with Crippen LogP contribution in [0.25, 0.3) is 0 Å². The summed E-state index contributed by atoms with van der Waals surface area (Å²) >= 11 is 0. The van der Waals surface area contributed by atoms with Gasteiger partial charge >= 0.3 is 0 Å². The number of hydrogen-bond acceptors (Lipinski definition) is 3. The number of nitrogens with zero attached hydrogens (tertiary/aromatic N) is 1. The van der Waals surface area contributed by atoms with E-state index >= 15 is 0 Å². The Morgan fingerprint density at radius 3 is 2.62 bits per heavy atom. The van der Waals surface area contributed by atoms with Gasteiger partial charge in [-0.2, -0.15) is 0 Å². The lowest BCUT2D eigenvalue weighted by Crippen LogP contribution is -2.42. The third kappa shape index (κ3) is 2.35. The zero-order valence-corrected chi connectivity index (χ0v) is 10.4. The monoisotopic (exact) mass is 228 g/mol. The van der Waals surface area contributed by atoms with Crippen molar-refractivity contribution in [3.63, 3.8) is 0 Å². The molecule has 1 heterocycles. The van der Waals surface area contributed by atoms with Crippen molar-refractivity contribution < 1.29 is 14.3 Å². The van der Waals surface area contributed by atoms with Crippen molar-refractivity contribution in [1.29, 1.82) is 0 Å². The SMILES string of the molecule is CNC(=O)C1(C)CCN(C(=O)C(C)OC)C1. The second-order valence-corrected chi connectivity index (χ2v) is 4.53. The van der Waals surface area contributed by atoms with Crippen LogP contribution in [-0.4, -0.2) is 50.1 Å². The van der Waals surface area contributed by atoms with Gasteiger partial charge in [-0.1, -0.05) is 0 Å². The number of carbonyl (C=O) groups is 2. The van der Waals surface area contributed by atoms with E-state index in [0.717, 1.165) is 0 Å². The zero-order chi connectivity index (χ0) is 12.3. The number of amides is 2. The largest absolute Gasteiger partial charge is 0.372 e. The minimum atomic E-state index is -0.460. The number of ether oxygens (including phenoxy) is 1. The van der Waals surface area contributed by atoms with E-state index in [4.69, 9.17) is 4.74 Å². The predicted octanol–water partition coefficient (Wildman–Crippen LogP) is 0.00590. The van der Waals surface area contributed by atoms with Gasteiger partial charge in [-0.15, -0.1) is 0 Å². The summed E-state index contributed by atoms with van der Waals surface area (Å²) in [6.07, 6.45) is 0.265. The minimum Gasteiger partial charge on any atom is -0.372 e. The maximum Gasteiger partial charge on any atom is 0.251 e. The van der Waals surface area contributed by atoms with Crippen LogP contribution in [0.3, 0.4) is 0 Å². The lowest BCUT2D eigenvalue weighted by atomic mass is 9.89. The van der Waals surface area contributed by atoms with Crippen LogP contribution in [0, 0.1) is 5.41 Å². The van der Waals surface area contributed by atoms with Crippen LogP contribution in [0.5, 0.6) is 0 Å². The molecule has 5 nitrogen and oxygen atoms in total. The molecule has 2 atom stereocenters. The summed E-state index contributed by atoms with van der Waals surface area (Å²) in [5.41, 5.74) is -0.460. The molecule has 1 aliphatic rings. The van der Waals surface area contributed by atoms with E-state index in [1.54, 1.807) is 18.9 Å². The maximum absolute atomic E-state index is 11.8. The second-order valence-electron chi connectivity index (χ2n) is 4.53. The molecule has 2 unspecified atom stereocenters. The van der Waals surface area contributed by atoms with E-state index in [1.165, 1.54) is 7.11 Å². The molecule has 16 heavy (non-hydrogen) atoms. The summed E-state index contributed by atoms with van der Waals surface area (Å²) in [6, 6.07) is 0. The van der Waals surface area contributed by atoms with Crippen LogP contribution in [0.15, 0.2) is 0 Å². The summed E-state index contributed by atoms with van der Waals surface area (Å²) in [5, 5.41) is 2.64. The van der Waals surface area contributed by atoms with Gasteiger partial charge in [0.15, 0.2) is 0 Å². The Morgan fingerprint density at radius 2 is 2.12 bits per heavy atom. The number of nitrogens with one attached hydrogen (secondary N) is 1. The van der Waals surface area contributed by atoms with E-state index in [9.17, 15) is 9.59 Å². The zero-order valence-electron chi connectivity index (χ0n) is 10.4. The fourth-order valence-electron chi connectivity index (χ4n) is 1.99. The normalized spacial score (nSPS) is 26.6. The van der Waals surface area contributed by atoms with Gasteiger partial charge in [-0.3, -0.25) is 9.59 Å². The van der Waals surface area contributed by atoms with Crippen molar-refractivity contribution >= 4 is 11.8 Å². The molecule has 0 radical (unpaired) electrons. The summed E-state index contributed by atoms with van der Waals surface area (Å²) in [7, 11) is 3.13. The van der Waals surface area contributed by atoms with Crippen LogP contribution in [-0.2, 0) is 14.3 Å². The summed E-state index contributed by atoms with van der Waals surface area (Å²) in [6.45, 7) is 4.70. The van der Waals surface area contributed by atoms with E-state index in [1.807, 2.05) is 6.92 Å². The molecule has 0 aromatic heterocycles. The van der Waals surface area contributed by atoms with Crippen molar-refractivity contribution in [3.05, 3.63) is 0 Å². The van der Waals surface area contributed by atoms with E-state index < -0.39 is 11.5 Å². The van der Waals surface area contributed by atoms with Gasteiger partial charge in [-0.25, -0.2) is 0 Å². The summed E-state index contributed by atoms with van der Waals surface area (Å²) < 4.78 is 4.99. The van der Waals surface area contributed by atoms with Gasteiger partial charge < -0.3 is 15.0 Å². The first kappa shape index (κ1) is 13.0. The van der Waals surface area contributed by atoms with Gasteiger partial charge in [0.05, 0.1) is 5.41 Å². The molecule has 0 saturated carbocycles. The average Bonchev–Trinajstić information content (AvgIpc) is 2.70. The maximum atomic E-state index is 11.8. The molecule has 0 aromatic rings. The molecule has 2 amide bonds. The van der Waals surface area contributed by atoms with Gasteiger partial charge in [0, 0.05) is 27.2 Å². The molecule has 1 fully saturated rings. The molecule has 92 valence electrons. The lowest BCUT2D eigenvalue weighted by Gasteiger charge is -2.24. The third-order valence-corrected chi connectivity index (χ3v) is 3.26. The quantitative estimate of drug-likeness (QED) is 0.740. The van der Waals surface area contributed by atoms with Crippen molar-refractivity contribution in [3.8, 4) is 0 Å². The molecule has 1 aliphatic heterocycles. The Bertz CT molecular complexity index is 293. The van der Waals surface area contributed by atoms with E-state index in [0.29, 0.717) is 19.5 Å². The third-order valence-electron chi connectivity index (χ3n) is 3.26. The highest BCUT2D eigenvalue weighted by Gasteiger charge is 2.42. The molecule has 1 N–H and O–H groups in total. The number of hydrogen-bond donors (Lipinski definition) is 1. The minimum absolute atomic E-state index is 0.00660. The topological polar surface area (TPSA) is 58.6 Å². The Balaban J connectivity index is 2.65. The Hall–Kier alpha value is -1.10. The van der Waals surface area contributed by atoms with E-state index in [2.05, 4.69) is 5.32 Å². The van der Waals surface area contributed by atoms with Crippen LogP contribution in [0.1, 0.15) is 20.3 Å². The first-order chi connectivity index (χ1) is 7.44. The van der Waals surface area contributed by atoms with Crippen LogP contribution >= 0.6 is 0 Å². The van der Waals surface area contributed by atoms with Gasteiger partial charge in [-0.05, 0) is 20.3 Å². The smallest absolute Gasteiger partial charge is 0.251 e. The Kier molecular flexibility index (Phi) is 3.91. The molecular weight excluding hydrogens is 208 g/mol. The van der Waals surface area contributed by atoms with E-state index in [-0.39, 0.29) is 11.8 Å². The van der Waals surface area contributed by atoms with Crippen molar-refractivity contribution in [1.82, 2.24) is 10.2 Å². The highest BCUT2D eigenvalue weighted by molar-refractivity contribution is 5.86. The predicted molar refractivity (Wildman–Crippen MR) is 59.8 cm³/mol. The molecule has 0 bridgehead atoms. The van der Waals surface area contributed by atoms with Gasteiger partial charge in [0.2, 0.25) is 5.91 Å². The van der Waals surface area contributed by atoms with Crippen LogP contribution in [0.2, 0.25) is 0 Å². The average molecular weight is 228 g/mol. The highest BCUT2D eigenvalue weighted by Crippen LogP contribution is 2.30. The first-order valence-electron chi connectivity index (χ1n) is 5.48. The van der Waals surface area contributed by atoms with Gasteiger partial charge in [0.1, 0.15) is 6.10 Å². The number of rotatable bonds is 3. The fraction of sp³-hybridized carbons (Fsp3) is 0.818. The molecule has 1 rings (SSSR count). The summed E-state index contributed by atoms with van der Waals surface area (Å²) in [4.78, 5) is 25.2. The first-order valence-corrected chi connectivity index (χ1v) is 5.48. The Labute approximate surface area is 96.1 Å². The molecular formula is C11H20N2O3. The standard InChI is InChI=1S/C11H20N2O3/c1-8(16-4)9(14)13-6-5-11(2,7-13)10(15)12-3/h8H,5-7H2,1-4H3,(H,12,15). The number of carbonyl (C=O) groups excluding carboxylic acids is 2. The molecule has 1 saturated heterocycles.